The first-order valence-electron chi connectivity index (χ1n) is 9.43. The van der Waals surface area contributed by atoms with Crippen molar-refractivity contribution in [1.82, 2.24) is 0 Å². The van der Waals surface area contributed by atoms with Gasteiger partial charge in [-0.25, -0.2) is 8.78 Å². The van der Waals surface area contributed by atoms with Crippen molar-refractivity contribution in [2.75, 3.05) is 34.8 Å². The molecule has 0 aliphatic carbocycles. The van der Waals surface area contributed by atoms with Gasteiger partial charge in [-0.15, -0.1) is 0 Å². The molecule has 0 radical (unpaired) electrons. The van der Waals surface area contributed by atoms with Crippen molar-refractivity contribution >= 4 is 28.9 Å². The number of nitrogens with one attached hydrogen (secondary N) is 1. The summed E-state index contributed by atoms with van der Waals surface area (Å²) < 4.78 is 28.4. The summed E-state index contributed by atoms with van der Waals surface area (Å²) in [5.41, 5.74) is 1.06. The van der Waals surface area contributed by atoms with Gasteiger partial charge < -0.3 is 15.1 Å². The van der Waals surface area contributed by atoms with Gasteiger partial charge in [0.2, 0.25) is 11.8 Å². The molecular weight excluding hydrogens is 364 g/mol. The first-order chi connectivity index (χ1) is 13.5. The molecule has 146 valence electrons. The van der Waals surface area contributed by atoms with Crippen molar-refractivity contribution in [1.29, 1.82) is 0 Å². The Morgan fingerprint density at radius 2 is 1.75 bits per heavy atom. The quantitative estimate of drug-likeness (QED) is 0.876. The Morgan fingerprint density at radius 3 is 2.46 bits per heavy atom. The van der Waals surface area contributed by atoms with Crippen LogP contribution < -0.4 is 15.1 Å². The molecule has 1 atom stereocenters. The van der Waals surface area contributed by atoms with Crippen molar-refractivity contribution in [2.45, 2.75) is 19.3 Å². The van der Waals surface area contributed by atoms with Gasteiger partial charge in [-0.1, -0.05) is 12.1 Å². The lowest BCUT2D eigenvalue weighted by Crippen LogP contribution is -2.28. The van der Waals surface area contributed by atoms with Crippen LogP contribution in [-0.2, 0) is 9.59 Å². The lowest BCUT2D eigenvalue weighted by molar-refractivity contribution is -0.122. The standard InChI is InChI=1S/C21H21F2N3O2/c22-16-5-1-2-6-19(16)26-13-14(11-20(26)27)21(28)24-15-7-8-18(17(23)12-15)25-9-3-4-10-25/h1-2,5-8,12,14H,3-4,9-11,13H2,(H,24,28)/t14-/m0/s1. The van der Waals surface area contributed by atoms with Crippen LogP contribution in [0.3, 0.4) is 0 Å². The Morgan fingerprint density at radius 1 is 1.00 bits per heavy atom. The first kappa shape index (κ1) is 18.4. The molecule has 2 aliphatic heterocycles. The zero-order chi connectivity index (χ0) is 19.7. The maximum Gasteiger partial charge on any atom is 0.229 e. The Hall–Kier alpha value is -2.96. The molecule has 4 rings (SSSR count). The zero-order valence-corrected chi connectivity index (χ0v) is 15.3. The van der Waals surface area contributed by atoms with Crippen LogP contribution in [0, 0.1) is 17.6 Å². The Balaban J connectivity index is 1.43. The Bertz CT molecular complexity index is 912. The van der Waals surface area contributed by atoms with Crippen molar-refractivity contribution in [3.63, 3.8) is 0 Å². The lowest BCUT2D eigenvalue weighted by Gasteiger charge is -2.19. The number of para-hydroxylation sites is 1. The normalized spacial score (nSPS) is 19.4. The molecule has 7 heteroatoms. The van der Waals surface area contributed by atoms with Crippen molar-refractivity contribution in [3.8, 4) is 0 Å². The van der Waals surface area contributed by atoms with Crippen LogP contribution in [0.5, 0.6) is 0 Å². The Labute approximate surface area is 161 Å². The van der Waals surface area contributed by atoms with Gasteiger partial charge in [-0.2, -0.15) is 0 Å². The number of amides is 2. The van der Waals surface area contributed by atoms with Gasteiger partial charge in [0, 0.05) is 31.7 Å². The first-order valence-corrected chi connectivity index (χ1v) is 9.43. The van der Waals surface area contributed by atoms with Gasteiger partial charge in [0.25, 0.3) is 0 Å². The summed E-state index contributed by atoms with van der Waals surface area (Å²) in [5, 5.41) is 2.68. The molecule has 2 aliphatic rings. The highest BCUT2D eigenvalue weighted by molar-refractivity contribution is 6.03. The van der Waals surface area contributed by atoms with Gasteiger partial charge in [0.15, 0.2) is 0 Å². The highest BCUT2D eigenvalue weighted by Gasteiger charge is 2.36. The number of anilines is 3. The number of rotatable bonds is 4. The van der Waals surface area contributed by atoms with Crippen molar-refractivity contribution in [2.24, 2.45) is 5.92 Å². The van der Waals surface area contributed by atoms with Crippen LogP contribution in [0.4, 0.5) is 25.8 Å². The summed E-state index contributed by atoms with van der Waals surface area (Å²) in [6.07, 6.45) is 2.09. The highest BCUT2D eigenvalue weighted by atomic mass is 19.1. The molecule has 0 bridgehead atoms. The summed E-state index contributed by atoms with van der Waals surface area (Å²) in [7, 11) is 0. The Kier molecular flexibility index (Phi) is 4.98. The summed E-state index contributed by atoms with van der Waals surface area (Å²) >= 11 is 0. The number of carbonyl (C=O) groups is 2. The predicted molar refractivity (Wildman–Crippen MR) is 103 cm³/mol. The highest BCUT2D eigenvalue weighted by Crippen LogP contribution is 2.29. The number of hydrogen-bond acceptors (Lipinski definition) is 3. The number of benzene rings is 2. The van der Waals surface area contributed by atoms with E-state index in [1.807, 2.05) is 4.90 Å². The largest absolute Gasteiger partial charge is 0.369 e. The van der Waals surface area contributed by atoms with E-state index < -0.39 is 11.7 Å². The zero-order valence-electron chi connectivity index (χ0n) is 15.3. The monoisotopic (exact) mass is 385 g/mol. The van der Waals surface area contributed by atoms with E-state index in [4.69, 9.17) is 0 Å². The molecule has 1 N–H and O–H groups in total. The van der Waals surface area contributed by atoms with E-state index in [2.05, 4.69) is 5.32 Å². The molecule has 0 saturated carbocycles. The fraction of sp³-hybridized carbons (Fsp3) is 0.333. The average molecular weight is 385 g/mol. The number of halogens is 2. The summed E-state index contributed by atoms with van der Waals surface area (Å²) in [5.74, 6) is -2.18. The van der Waals surface area contributed by atoms with Crippen molar-refractivity contribution in [3.05, 3.63) is 54.1 Å². The van der Waals surface area contributed by atoms with Gasteiger partial charge in [0.05, 0.1) is 17.3 Å². The van der Waals surface area contributed by atoms with Crippen molar-refractivity contribution < 1.29 is 18.4 Å². The molecule has 0 unspecified atom stereocenters. The fourth-order valence-corrected chi connectivity index (χ4v) is 3.83. The molecular formula is C21H21F2N3O2. The van der Waals surface area contributed by atoms with Gasteiger partial charge >= 0.3 is 0 Å². The second-order valence-electron chi connectivity index (χ2n) is 7.21. The lowest BCUT2D eigenvalue weighted by atomic mass is 10.1. The molecule has 2 aromatic carbocycles. The van der Waals surface area contributed by atoms with Crippen LogP contribution in [0.2, 0.25) is 0 Å². The second kappa shape index (κ2) is 7.58. The van der Waals surface area contributed by atoms with E-state index in [1.165, 1.54) is 23.1 Å². The number of hydrogen-bond donors (Lipinski definition) is 1. The molecule has 2 saturated heterocycles. The third kappa shape index (κ3) is 3.56. The second-order valence-corrected chi connectivity index (χ2v) is 7.21. The maximum absolute atomic E-state index is 14.4. The van der Waals surface area contributed by atoms with Crippen LogP contribution >= 0.6 is 0 Å². The molecule has 28 heavy (non-hydrogen) atoms. The van der Waals surface area contributed by atoms with E-state index in [0.717, 1.165) is 25.9 Å². The topological polar surface area (TPSA) is 52.7 Å². The number of nitrogens with zero attached hydrogens (tertiary/aromatic N) is 2. The van der Waals surface area contributed by atoms with Crippen LogP contribution in [0.1, 0.15) is 19.3 Å². The van der Waals surface area contributed by atoms with E-state index in [0.29, 0.717) is 11.4 Å². The molecule has 2 heterocycles. The van der Waals surface area contributed by atoms with E-state index >= 15 is 0 Å². The minimum Gasteiger partial charge on any atom is -0.369 e. The third-order valence-corrected chi connectivity index (χ3v) is 5.30. The van der Waals surface area contributed by atoms with E-state index in [-0.39, 0.29) is 36.3 Å². The van der Waals surface area contributed by atoms with Crippen LogP contribution in [0.25, 0.3) is 0 Å². The summed E-state index contributed by atoms with van der Waals surface area (Å²) in [4.78, 5) is 28.1. The molecule has 0 spiro atoms. The minimum atomic E-state index is -0.617. The van der Waals surface area contributed by atoms with E-state index in [9.17, 15) is 18.4 Å². The summed E-state index contributed by atoms with van der Waals surface area (Å²) in [6, 6.07) is 10.6. The fourth-order valence-electron chi connectivity index (χ4n) is 3.83. The van der Waals surface area contributed by atoms with Gasteiger partial charge in [-0.05, 0) is 43.2 Å². The maximum atomic E-state index is 14.4. The van der Waals surface area contributed by atoms with Crippen LogP contribution in [0.15, 0.2) is 42.5 Å². The molecule has 2 amide bonds. The number of carbonyl (C=O) groups excluding carboxylic acids is 2. The smallest absolute Gasteiger partial charge is 0.229 e. The SMILES string of the molecule is O=C(Nc1ccc(N2CCCC2)c(F)c1)[C@H]1CC(=O)N(c2ccccc2F)C1. The minimum absolute atomic E-state index is 0.00545. The summed E-state index contributed by atoms with van der Waals surface area (Å²) in [6.45, 7) is 1.76. The molecule has 5 nitrogen and oxygen atoms in total. The third-order valence-electron chi connectivity index (χ3n) is 5.30. The van der Waals surface area contributed by atoms with E-state index in [1.54, 1.807) is 24.3 Å². The van der Waals surface area contributed by atoms with Gasteiger partial charge in [0.1, 0.15) is 11.6 Å². The van der Waals surface area contributed by atoms with Crippen LogP contribution in [-0.4, -0.2) is 31.4 Å². The van der Waals surface area contributed by atoms with Gasteiger partial charge in [-0.3, -0.25) is 9.59 Å². The molecule has 0 aromatic heterocycles. The molecule has 2 fully saturated rings. The average Bonchev–Trinajstić information content (AvgIpc) is 3.32. The molecule has 2 aromatic rings. The predicted octanol–water partition coefficient (Wildman–Crippen LogP) is 3.56.